The molecule has 1 saturated heterocycles. The van der Waals surface area contributed by atoms with E-state index in [2.05, 4.69) is 15.0 Å². The maximum absolute atomic E-state index is 11.8. The van der Waals surface area contributed by atoms with Gasteiger partial charge in [0.2, 0.25) is 0 Å². The lowest BCUT2D eigenvalue weighted by Crippen LogP contribution is -2.45. The van der Waals surface area contributed by atoms with Gasteiger partial charge in [-0.15, -0.1) is 0 Å². The molecular weight excluding hydrogens is 210 g/mol. The lowest BCUT2D eigenvalue weighted by molar-refractivity contribution is 0.0102. The quantitative estimate of drug-likeness (QED) is 0.767. The normalized spacial score (nSPS) is 20.7. The van der Waals surface area contributed by atoms with Crippen molar-refractivity contribution in [3.05, 3.63) is 18.0 Å². The molecule has 2 heterocycles. The van der Waals surface area contributed by atoms with Crippen LogP contribution in [0.25, 0.3) is 0 Å². The van der Waals surface area contributed by atoms with Crippen LogP contribution in [0.5, 0.6) is 0 Å². The molecule has 1 aliphatic rings. The summed E-state index contributed by atoms with van der Waals surface area (Å²) >= 11 is 0. The summed E-state index contributed by atoms with van der Waals surface area (Å²) in [7, 11) is 1.73. The maximum Gasteiger partial charge on any atom is 0.275 e. The van der Waals surface area contributed by atoms with Crippen LogP contribution in [0.2, 0.25) is 0 Å². The first kappa shape index (κ1) is 11.1. The first-order chi connectivity index (χ1) is 7.77. The molecule has 1 aromatic rings. The Balaban J connectivity index is 1.87. The Morgan fingerprint density at radius 2 is 2.62 bits per heavy atom. The number of rotatable bonds is 3. The Morgan fingerprint density at radius 1 is 1.75 bits per heavy atom. The number of likely N-dealkylation sites (N-methyl/N-ethyl adjacent to an activating group) is 1. The van der Waals surface area contributed by atoms with E-state index in [4.69, 9.17) is 4.74 Å². The largest absolute Gasteiger partial charge is 0.374 e. The number of ether oxygens (including phenoxy) is 1. The van der Waals surface area contributed by atoms with E-state index >= 15 is 0 Å². The van der Waals surface area contributed by atoms with Crippen molar-refractivity contribution < 1.29 is 14.1 Å². The summed E-state index contributed by atoms with van der Waals surface area (Å²) in [5.74, 6) is -0.150. The topological polar surface area (TPSA) is 67.6 Å². The van der Waals surface area contributed by atoms with Crippen LogP contribution in [0.3, 0.4) is 0 Å². The van der Waals surface area contributed by atoms with E-state index in [0.29, 0.717) is 18.8 Å². The van der Waals surface area contributed by atoms with Crippen LogP contribution >= 0.6 is 0 Å². The van der Waals surface area contributed by atoms with E-state index in [9.17, 15) is 4.79 Å². The predicted octanol–water partition coefficient (Wildman–Crippen LogP) is -0.265. The second-order valence-corrected chi connectivity index (χ2v) is 3.77. The first-order valence-corrected chi connectivity index (χ1v) is 5.25. The number of carbonyl (C=O) groups excluding carboxylic acids is 1. The van der Waals surface area contributed by atoms with Gasteiger partial charge < -0.3 is 19.5 Å². The summed E-state index contributed by atoms with van der Waals surface area (Å²) < 4.78 is 10.2. The number of morpholine rings is 1. The average molecular weight is 225 g/mol. The minimum absolute atomic E-state index is 0.0506. The smallest absolute Gasteiger partial charge is 0.275 e. The Kier molecular flexibility index (Phi) is 3.53. The number of hydrogen-bond donors (Lipinski definition) is 1. The second-order valence-electron chi connectivity index (χ2n) is 3.77. The molecule has 16 heavy (non-hydrogen) atoms. The van der Waals surface area contributed by atoms with Gasteiger partial charge in [-0.1, -0.05) is 5.16 Å². The van der Waals surface area contributed by atoms with Crippen LogP contribution < -0.4 is 5.32 Å². The van der Waals surface area contributed by atoms with Gasteiger partial charge in [-0.25, -0.2) is 0 Å². The van der Waals surface area contributed by atoms with Crippen molar-refractivity contribution in [2.45, 2.75) is 6.10 Å². The molecule has 88 valence electrons. The van der Waals surface area contributed by atoms with Gasteiger partial charge in [-0.3, -0.25) is 4.79 Å². The van der Waals surface area contributed by atoms with E-state index in [1.54, 1.807) is 18.0 Å². The minimum atomic E-state index is -0.150. The summed E-state index contributed by atoms with van der Waals surface area (Å²) in [6, 6.07) is 1.55. The molecule has 1 amide bonds. The molecule has 6 nitrogen and oxygen atoms in total. The molecule has 1 aliphatic heterocycles. The molecule has 1 fully saturated rings. The molecule has 1 aromatic heterocycles. The van der Waals surface area contributed by atoms with E-state index in [-0.39, 0.29) is 12.0 Å². The summed E-state index contributed by atoms with van der Waals surface area (Å²) in [6.45, 7) is 2.89. The summed E-state index contributed by atoms with van der Waals surface area (Å²) in [6.07, 6.45) is 1.44. The SMILES string of the molecule is CN(CC1CNCCO1)C(=O)c1ccon1. The molecule has 1 unspecified atom stereocenters. The fourth-order valence-electron chi connectivity index (χ4n) is 1.64. The van der Waals surface area contributed by atoms with Gasteiger partial charge in [0, 0.05) is 32.7 Å². The highest BCUT2D eigenvalue weighted by atomic mass is 16.5. The zero-order valence-corrected chi connectivity index (χ0v) is 9.18. The van der Waals surface area contributed by atoms with Gasteiger partial charge >= 0.3 is 0 Å². The summed E-state index contributed by atoms with van der Waals surface area (Å²) in [5, 5.41) is 6.82. The third kappa shape index (κ3) is 2.59. The van der Waals surface area contributed by atoms with Crippen molar-refractivity contribution in [3.8, 4) is 0 Å². The molecule has 6 heteroatoms. The molecule has 0 radical (unpaired) electrons. The zero-order valence-electron chi connectivity index (χ0n) is 9.18. The van der Waals surface area contributed by atoms with Gasteiger partial charge in [0.1, 0.15) is 6.26 Å². The van der Waals surface area contributed by atoms with Gasteiger partial charge in [0.15, 0.2) is 5.69 Å². The van der Waals surface area contributed by atoms with Crippen molar-refractivity contribution in [1.29, 1.82) is 0 Å². The van der Waals surface area contributed by atoms with Gasteiger partial charge in [0.25, 0.3) is 5.91 Å². The van der Waals surface area contributed by atoms with Crippen molar-refractivity contribution in [3.63, 3.8) is 0 Å². The number of amides is 1. The van der Waals surface area contributed by atoms with Crippen LogP contribution in [0, 0.1) is 0 Å². The van der Waals surface area contributed by atoms with E-state index in [1.807, 2.05) is 0 Å². The van der Waals surface area contributed by atoms with Crippen LogP contribution in [0.1, 0.15) is 10.5 Å². The summed E-state index contributed by atoms with van der Waals surface area (Å²) in [5.41, 5.74) is 0.325. The maximum atomic E-state index is 11.8. The van der Waals surface area contributed by atoms with E-state index in [0.717, 1.165) is 13.1 Å². The van der Waals surface area contributed by atoms with Gasteiger partial charge in [0.05, 0.1) is 12.7 Å². The van der Waals surface area contributed by atoms with Crippen molar-refractivity contribution in [2.24, 2.45) is 0 Å². The predicted molar refractivity (Wildman–Crippen MR) is 56.1 cm³/mol. The molecule has 0 bridgehead atoms. The lowest BCUT2D eigenvalue weighted by atomic mass is 10.2. The Morgan fingerprint density at radius 3 is 3.25 bits per heavy atom. The fraction of sp³-hybridized carbons (Fsp3) is 0.600. The minimum Gasteiger partial charge on any atom is -0.374 e. The van der Waals surface area contributed by atoms with Gasteiger partial charge in [-0.05, 0) is 0 Å². The standard InChI is InChI=1S/C10H15N3O3/c1-13(7-8-6-11-3-5-15-8)10(14)9-2-4-16-12-9/h2,4,8,11H,3,5-7H2,1H3. The highest BCUT2D eigenvalue weighted by molar-refractivity contribution is 5.91. The third-order valence-electron chi connectivity index (χ3n) is 2.49. The fourth-order valence-corrected chi connectivity index (χ4v) is 1.64. The lowest BCUT2D eigenvalue weighted by Gasteiger charge is -2.27. The molecule has 1 atom stereocenters. The Labute approximate surface area is 93.5 Å². The van der Waals surface area contributed by atoms with Crippen LogP contribution in [0.4, 0.5) is 0 Å². The first-order valence-electron chi connectivity index (χ1n) is 5.25. The molecular formula is C10H15N3O3. The zero-order chi connectivity index (χ0) is 11.4. The number of nitrogens with one attached hydrogen (secondary N) is 1. The van der Waals surface area contributed by atoms with E-state index < -0.39 is 0 Å². The highest BCUT2D eigenvalue weighted by Crippen LogP contribution is 2.03. The molecule has 0 spiro atoms. The number of aromatic nitrogens is 1. The molecule has 1 N–H and O–H groups in total. The number of nitrogens with zero attached hydrogens (tertiary/aromatic N) is 2. The second kappa shape index (κ2) is 5.09. The molecule has 2 rings (SSSR count). The average Bonchev–Trinajstić information content (AvgIpc) is 2.83. The monoisotopic (exact) mass is 225 g/mol. The van der Waals surface area contributed by atoms with Crippen LogP contribution in [0.15, 0.2) is 16.9 Å². The number of carbonyl (C=O) groups is 1. The molecule has 0 aromatic carbocycles. The summed E-state index contributed by atoms with van der Waals surface area (Å²) in [4.78, 5) is 13.4. The molecule has 0 saturated carbocycles. The Hall–Kier alpha value is -1.40. The van der Waals surface area contributed by atoms with Crippen LogP contribution in [-0.2, 0) is 4.74 Å². The third-order valence-corrected chi connectivity index (χ3v) is 2.49. The van der Waals surface area contributed by atoms with Crippen molar-refractivity contribution in [1.82, 2.24) is 15.4 Å². The van der Waals surface area contributed by atoms with Crippen LogP contribution in [-0.4, -0.2) is 55.4 Å². The van der Waals surface area contributed by atoms with Crippen molar-refractivity contribution >= 4 is 5.91 Å². The van der Waals surface area contributed by atoms with Gasteiger partial charge in [-0.2, -0.15) is 0 Å². The Bertz CT molecular complexity index is 333. The molecule has 0 aliphatic carbocycles. The number of hydrogen-bond acceptors (Lipinski definition) is 5. The highest BCUT2D eigenvalue weighted by Gasteiger charge is 2.20. The van der Waals surface area contributed by atoms with E-state index in [1.165, 1.54) is 6.26 Å². The van der Waals surface area contributed by atoms with Crippen molar-refractivity contribution in [2.75, 3.05) is 33.3 Å².